The fraction of sp³-hybridized carbons (Fsp3) is 0.741. The van der Waals surface area contributed by atoms with Gasteiger partial charge in [-0.25, -0.2) is 0 Å². The lowest BCUT2D eigenvalue weighted by Crippen LogP contribution is -2.64. The van der Waals surface area contributed by atoms with Crippen LogP contribution in [0.3, 0.4) is 0 Å². The smallest absolute Gasteiger partial charge is 0.306 e. The van der Waals surface area contributed by atoms with Crippen LogP contribution in [-0.2, 0) is 28.6 Å². The molecular weight excluding hydrogens is 468 g/mol. The van der Waals surface area contributed by atoms with E-state index in [-0.39, 0.29) is 37.4 Å². The van der Waals surface area contributed by atoms with Crippen molar-refractivity contribution >= 4 is 17.7 Å². The largest absolute Gasteiger partial charge is 0.472 e. The average molecular weight is 503 g/mol. The van der Waals surface area contributed by atoms with Crippen molar-refractivity contribution in [1.82, 2.24) is 0 Å². The summed E-state index contributed by atoms with van der Waals surface area (Å²) in [5, 5.41) is 23.6. The Kier molecular flexibility index (Phi) is 4.83. The molecule has 3 saturated carbocycles. The monoisotopic (exact) mass is 502 g/mol. The number of hydrogen-bond acceptors (Lipinski definition) is 9. The summed E-state index contributed by atoms with van der Waals surface area (Å²) in [7, 11) is 1.31. The summed E-state index contributed by atoms with van der Waals surface area (Å²) in [6.45, 7) is 5.74. The zero-order chi connectivity index (χ0) is 25.9. The molecule has 3 aliphatic carbocycles. The van der Waals surface area contributed by atoms with Crippen LogP contribution in [0.1, 0.15) is 71.0 Å². The molecule has 0 unspecified atom stereocenters. The molecule has 0 amide bonds. The first-order valence-corrected chi connectivity index (χ1v) is 12.8. The number of rotatable bonds is 3. The number of aliphatic hydroxyl groups excluding tert-OH is 1. The lowest BCUT2D eigenvalue weighted by Gasteiger charge is -2.61. The van der Waals surface area contributed by atoms with Gasteiger partial charge in [-0.05, 0) is 30.7 Å². The van der Waals surface area contributed by atoms with Crippen molar-refractivity contribution < 1.29 is 43.2 Å². The number of hydrogen-bond donors (Lipinski definition) is 2. The molecule has 0 radical (unpaired) electrons. The van der Waals surface area contributed by atoms with E-state index < -0.39 is 63.6 Å². The summed E-state index contributed by atoms with van der Waals surface area (Å²) < 4.78 is 22.9. The predicted octanol–water partition coefficient (Wildman–Crippen LogP) is 2.69. The third kappa shape index (κ3) is 2.64. The van der Waals surface area contributed by atoms with Crippen molar-refractivity contribution in [2.75, 3.05) is 7.11 Å². The fourth-order valence-electron chi connectivity index (χ4n) is 9.46. The molecular formula is C27H34O9. The number of ether oxygens (including phenoxy) is 3. The fourth-order valence-corrected chi connectivity index (χ4v) is 9.46. The van der Waals surface area contributed by atoms with Gasteiger partial charge in [0.2, 0.25) is 0 Å². The van der Waals surface area contributed by atoms with Gasteiger partial charge >= 0.3 is 11.9 Å². The number of esters is 2. The summed E-state index contributed by atoms with van der Waals surface area (Å²) in [6, 6.07) is 1.78. The Bertz CT molecular complexity index is 1130. The van der Waals surface area contributed by atoms with Crippen molar-refractivity contribution in [3.63, 3.8) is 0 Å². The maximum absolute atomic E-state index is 13.7. The number of ketones is 1. The minimum absolute atomic E-state index is 0.0162. The molecule has 3 saturated heterocycles. The van der Waals surface area contributed by atoms with E-state index in [1.165, 1.54) is 13.4 Å². The third-order valence-corrected chi connectivity index (χ3v) is 11.1. The molecule has 9 nitrogen and oxygen atoms in total. The normalized spacial score (nSPS) is 51.2. The Morgan fingerprint density at radius 3 is 2.61 bits per heavy atom. The lowest BCUT2D eigenvalue weighted by molar-refractivity contribution is -0.288. The molecule has 10 atom stereocenters. The van der Waals surface area contributed by atoms with Crippen LogP contribution in [0.4, 0.5) is 0 Å². The van der Waals surface area contributed by atoms with Gasteiger partial charge in [-0.2, -0.15) is 0 Å². The molecule has 7 rings (SSSR count). The minimum Gasteiger partial charge on any atom is -0.472 e. The van der Waals surface area contributed by atoms with Gasteiger partial charge < -0.3 is 28.8 Å². The van der Waals surface area contributed by atoms with E-state index in [0.717, 1.165) is 5.56 Å². The highest BCUT2D eigenvalue weighted by Gasteiger charge is 2.83. The highest BCUT2D eigenvalue weighted by atomic mass is 16.7. The molecule has 1 aromatic heterocycles. The van der Waals surface area contributed by atoms with E-state index in [1.54, 1.807) is 19.3 Å². The van der Waals surface area contributed by atoms with E-state index in [4.69, 9.17) is 18.6 Å². The van der Waals surface area contributed by atoms with Crippen LogP contribution in [0.15, 0.2) is 23.0 Å². The second-order valence-corrected chi connectivity index (χ2v) is 12.5. The predicted molar refractivity (Wildman–Crippen MR) is 122 cm³/mol. The van der Waals surface area contributed by atoms with E-state index >= 15 is 0 Å². The van der Waals surface area contributed by atoms with Crippen LogP contribution in [0.5, 0.6) is 0 Å². The highest BCUT2D eigenvalue weighted by Crippen LogP contribution is 2.78. The zero-order valence-corrected chi connectivity index (χ0v) is 21.1. The molecule has 6 aliphatic rings. The number of Topliss-reactive ketones (excluding diaryl/α,β-unsaturated/α-hetero) is 1. The quantitative estimate of drug-likeness (QED) is 0.599. The standard InChI is InChI=1S/C27H34O9/c1-23-7-5-16-25(3)17(9-19(29)33-4)24(2)13-27(25,32)36-26(16,11-15(28)21(24)31)18(23)10-20(30)35-22(23)14-6-8-34-12-14/h6,8,12,16-18,21-22,31-32H,5,7,9-11,13H2,1-4H3/t16-,17+,18+,21-,22+,23-,24-,25-,26-,27+/m1/s1. The summed E-state index contributed by atoms with van der Waals surface area (Å²) in [6.07, 6.45) is 2.30. The van der Waals surface area contributed by atoms with Gasteiger partial charge in [0.1, 0.15) is 12.2 Å². The van der Waals surface area contributed by atoms with Crippen LogP contribution in [0, 0.1) is 34.0 Å². The Hall–Kier alpha value is -2.23. The molecule has 1 spiro atoms. The van der Waals surface area contributed by atoms with E-state index in [2.05, 4.69) is 0 Å². The van der Waals surface area contributed by atoms with E-state index in [9.17, 15) is 24.6 Å². The maximum Gasteiger partial charge on any atom is 0.306 e. The number of aliphatic hydroxyl groups is 2. The molecule has 6 fully saturated rings. The molecule has 196 valence electrons. The van der Waals surface area contributed by atoms with Crippen LogP contribution >= 0.6 is 0 Å². The summed E-state index contributed by atoms with van der Waals surface area (Å²) in [5.41, 5.74) is -3.04. The molecule has 2 N–H and O–H groups in total. The number of methoxy groups -OCH3 is 1. The van der Waals surface area contributed by atoms with Gasteiger partial charge in [0, 0.05) is 47.0 Å². The third-order valence-electron chi connectivity index (χ3n) is 11.1. The maximum atomic E-state index is 13.7. The molecule has 4 bridgehead atoms. The van der Waals surface area contributed by atoms with Gasteiger partial charge in [0.25, 0.3) is 0 Å². The summed E-state index contributed by atoms with van der Waals surface area (Å²) in [5.74, 6) is -4.24. The van der Waals surface area contributed by atoms with Crippen molar-refractivity contribution in [3.8, 4) is 0 Å². The molecule has 3 aliphatic heterocycles. The van der Waals surface area contributed by atoms with Gasteiger partial charge in [-0.1, -0.05) is 20.8 Å². The van der Waals surface area contributed by atoms with Crippen LogP contribution in [-0.4, -0.2) is 52.5 Å². The average Bonchev–Trinajstić information content (AvgIpc) is 3.45. The van der Waals surface area contributed by atoms with Crippen LogP contribution < -0.4 is 0 Å². The second-order valence-electron chi connectivity index (χ2n) is 12.5. The first-order chi connectivity index (χ1) is 16.9. The summed E-state index contributed by atoms with van der Waals surface area (Å²) >= 11 is 0. The Balaban J connectivity index is 1.54. The number of furan rings is 1. The minimum atomic E-state index is -1.68. The van der Waals surface area contributed by atoms with Crippen molar-refractivity contribution in [2.45, 2.75) is 82.9 Å². The summed E-state index contributed by atoms with van der Waals surface area (Å²) in [4.78, 5) is 39.2. The number of cyclic esters (lactones) is 1. The first-order valence-electron chi connectivity index (χ1n) is 12.8. The Morgan fingerprint density at radius 2 is 1.94 bits per heavy atom. The first kappa shape index (κ1) is 24.1. The van der Waals surface area contributed by atoms with Gasteiger partial charge in [0.15, 0.2) is 11.6 Å². The van der Waals surface area contributed by atoms with Gasteiger partial charge in [-0.15, -0.1) is 0 Å². The van der Waals surface area contributed by atoms with Gasteiger partial charge in [0.05, 0.1) is 31.7 Å². The molecule has 9 heteroatoms. The Morgan fingerprint density at radius 1 is 1.19 bits per heavy atom. The second kappa shape index (κ2) is 7.20. The van der Waals surface area contributed by atoms with Gasteiger partial charge in [-0.3, -0.25) is 14.4 Å². The Labute approximate surface area is 209 Å². The van der Waals surface area contributed by atoms with Crippen LogP contribution in [0.25, 0.3) is 0 Å². The SMILES string of the molecule is COC(=O)C[C@H]1[C@@]2(C)C[C@]3(O)O[C@@]4(CC(=O)[C@H]2O)[C@H]2CC(=O)O[C@@H](c5ccoc5)[C@]2(C)CC[C@@H]4[C@]13C. The van der Waals surface area contributed by atoms with E-state index in [1.807, 2.05) is 13.8 Å². The topological polar surface area (TPSA) is 133 Å². The molecule has 36 heavy (non-hydrogen) atoms. The van der Waals surface area contributed by atoms with Crippen molar-refractivity contribution in [1.29, 1.82) is 0 Å². The van der Waals surface area contributed by atoms with Crippen LogP contribution in [0.2, 0.25) is 0 Å². The number of carbonyl (C=O) groups excluding carboxylic acids is 3. The zero-order valence-electron chi connectivity index (χ0n) is 21.1. The number of fused-ring (bicyclic) bond motifs is 3. The number of carbonyl (C=O) groups is 3. The molecule has 4 heterocycles. The van der Waals surface area contributed by atoms with Crippen molar-refractivity contribution in [2.24, 2.45) is 34.0 Å². The van der Waals surface area contributed by atoms with Crippen molar-refractivity contribution in [3.05, 3.63) is 24.2 Å². The lowest BCUT2D eigenvalue weighted by atomic mass is 9.45. The highest BCUT2D eigenvalue weighted by molar-refractivity contribution is 5.86. The van der Waals surface area contributed by atoms with E-state index in [0.29, 0.717) is 12.8 Å². The molecule has 1 aromatic rings. The molecule has 0 aromatic carbocycles.